The Balaban J connectivity index is 2.06. The van der Waals surface area contributed by atoms with Crippen molar-refractivity contribution in [3.8, 4) is 0 Å². The van der Waals surface area contributed by atoms with E-state index in [9.17, 15) is 10.0 Å². The lowest BCUT2D eigenvalue weighted by Crippen LogP contribution is -2.50. The van der Waals surface area contributed by atoms with Gasteiger partial charge >= 0.3 is 6.09 Å². The maximum absolute atomic E-state index is 12.5. The van der Waals surface area contributed by atoms with Crippen molar-refractivity contribution < 1.29 is 14.7 Å². The van der Waals surface area contributed by atoms with E-state index in [1.54, 1.807) is 4.90 Å². The molecule has 0 unspecified atom stereocenters. The lowest BCUT2D eigenvalue weighted by Gasteiger charge is -2.36. The summed E-state index contributed by atoms with van der Waals surface area (Å²) >= 11 is 0. The van der Waals surface area contributed by atoms with Gasteiger partial charge in [0.25, 0.3) is 0 Å². The minimum Gasteiger partial charge on any atom is -0.444 e. The van der Waals surface area contributed by atoms with Gasteiger partial charge in [0.2, 0.25) is 0 Å². The Bertz CT molecular complexity index is 527. The summed E-state index contributed by atoms with van der Waals surface area (Å²) in [6.45, 7) is 8.82. The van der Waals surface area contributed by atoms with E-state index in [1.165, 1.54) is 5.06 Å². The Hall–Kier alpha value is -1.59. The summed E-state index contributed by atoms with van der Waals surface area (Å²) < 4.78 is 5.53. The summed E-state index contributed by atoms with van der Waals surface area (Å²) in [6.07, 6.45) is 2.33. The van der Waals surface area contributed by atoms with Crippen LogP contribution in [-0.2, 0) is 11.3 Å². The minimum absolute atomic E-state index is 0.0152. The van der Waals surface area contributed by atoms with E-state index in [2.05, 4.69) is 0 Å². The van der Waals surface area contributed by atoms with Crippen molar-refractivity contribution in [1.82, 2.24) is 9.96 Å². The first-order valence-electron chi connectivity index (χ1n) is 8.81. The molecule has 1 heterocycles. The number of likely N-dealkylation sites (tertiary alicyclic amines) is 1. The van der Waals surface area contributed by atoms with E-state index in [-0.39, 0.29) is 18.2 Å². The molecule has 1 aromatic rings. The summed E-state index contributed by atoms with van der Waals surface area (Å²) in [5.41, 5.74) is 0.551. The number of hydroxylamine groups is 2. The van der Waals surface area contributed by atoms with Crippen LogP contribution in [0.4, 0.5) is 4.79 Å². The van der Waals surface area contributed by atoms with Gasteiger partial charge in [0.05, 0.1) is 12.1 Å². The van der Waals surface area contributed by atoms with Crippen LogP contribution in [0.25, 0.3) is 0 Å². The minimum atomic E-state index is -0.505. The molecule has 0 bridgehead atoms. The smallest absolute Gasteiger partial charge is 0.410 e. The molecule has 1 amide bonds. The summed E-state index contributed by atoms with van der Waals surface area (Å²) in [6, 6.07) is 9.77. The van der Waals surface area contributed by atoms with E-state index in [0.29, 0.717) is 13.1 Å². The van der Waals surface area contributed by atoms with Gasteiger partial charge in [0.15, 0.2) is 0 Å². The molecule has 5 nitrogen and oxygen atoms in total. The molecule has 1 aliphatic rings. The number of amides is 1. The first-order valence-corrected chi connectivity index (χ1v) is 8.81. The summed E-state index contributed by atoms with van der Waals surface area (Å²) in [5, 5.41) is 12.0. The number of hydrogen-bond donors (Lipinski definition) is 1. The van der Waals surface area contributed by atoms with Crippen LogP contribution in [0.1, 0.15) is 52.5 Å². The van der Waals surface area contributed by atoms with Gasteiger partial charge in [-0.25, -0.2) is 4.79 Å². The molecule has 1 aliphatic heterocycles. The van der Waals surface area contributed by atoms with Crippen molar-refractivity contribution in [2.75, 3.05) is 6.54 Å². The third kappa shape index (κ3) is 4.95. The van der Waals surface area contributed by atoms with Gasteiger partial charge in [-0.1, -0.05) is 37.3 Å². The Morgan fingerprint density at radius 2 is 2.04 bits per heavy atom. The fourth-order valence-electron chi connectivity index (χ4n) is 3.31. The predicted octanol–water partition coefficient (Wildman–Crippen LogP) is 4.06. The first kappa shape index (κ1) is 18.7. The Morgan fingerprint density at radius 1 is 1.38 bits per heavy atom. The summed E-state index contributed by atoms with van der Waals surface area (Å²) in [4.78, 5) is 14.3. The molecule has 5 heteroatoms. The number of benzene rings is 1. The third-order valence-electron chi connectivity index (χ3n) is 4.36. The van der Waals surface area contributed by atoms with E-state index in [1.807, 2.05) is 58.0 Å². The quantitative estimate of drug-likeness (QED) is 0.825. The van der Waals surface area contributed by atoms with E-state index >= 15 is 0 Å². The Morgan fingerprint density at radius 3 is 2.62 bits per heavy atom. The zero-order valence-electron chi connectivity index (χ0n) is 15.2. The highest BCUT2D eigenvalue weighted by Gasteiger charge is 2.38. The molecular weight excluding hydrogens is 304 g/mol. The number of carbonyl (C=O) groups is 1. The molecule has 134 valence electrons. The second-order valence-corrected chi connectivity index (χ2v) is 7.44. The van der Waals surface area contributed by atoms with Gasteiger partial charge in [0.1, 0.15) is 5.60 Å². The SMILES string of the molecule is CC[C@H]([C@@H]1CCCN1C(=O)OC(C)(C)C)N(O)Cc1ccccc1. The van der Waals surface area contributed by atoms with Crippen molar-refractivity contribution in [2.24, 2.45) is 0 Å². The molecule has 1 fully saturated rings. The lowest BCUT2D eigenvalue weighted by molar-refractivity contribution is -0.151. The van der Waals surface area contributed by atoms with Gasteiger partial charge < -0.3 is 14.8 Å². The molecule has 0 saturated carbocycles. The number of carbonyl (C=O) groups excluding carboxylic acids is 1. The predicted molar refractivity (Wildman–Crippen MR) is 93.8 cm³/mol. The molecule has 0 aliphatic carbocycles. The normalized spacial score (nSPS) is 19.6. The van der Waals surface area contributed by atoms with Crippen LogP contribution >= 0.6 is 0 Å². The van der Waals surface area contributed by atoms with Gasteiger partial charge in [-0.2, -0.15) is 5.06 Å². The molecule has 1 aromatic carbocycles. The highest BCUT2D eigenvalue weighted by molar-refractivity contribution is 5.69. The van der Waals surface area contributed by atoms with Gasteiger partial charge in [0, 0.05) is 13.1 Å². The van der Waals surface area contributed by atoms with E-state index in [4.69, 9.17) is 4.74 Å². The molecule has 0 spiro atoms. The molecule has 0 aromatic heterocycles. The van der Waals surface area contributed by atoms with Crippen LogP contribution in [0.3, 0.4) is 0 Å². The molecule has 0 radical (unpaired) electrons. The van der Waals surface area contributed by atoms with Crippen LogP contribution < -0.4 is 0 Å². The molecular formula is C19H30N2O3. The largest absolute Gasteiger partial charge is 0.444 e. The summed E-state index contributed by atoms with van der Waals surface area (Å²) in [7, 11) is 0. The standard InChI is InChI=1S/C19H30N2O3/c1-5-16(21(23)14-15-10-7-6-8-11-15)17-12-9-13-20(17)18(22)24-19(2,3)4/h6-8,10-11,16-17,23H,5,9,12-14H2,1-4H3/t16-,17+/m1/s1. The highest BCUT2D eigenvalue weighted by Crippen LogP contribution is 2.27. The summed E-state index contributed by atoms with van der Waals surface area (Å²) in [5.74, 6) is 0. The topological polar surface area (TPSA) is 53.0 Å². The van der Waals surface area contributed by atoms with Crippen molar-refractivity contribution in [3.05, 3.63) is 35.9 Å². The van der Waals surface area contributed by atoms with Crippen molar-refractivity contribution in [3.63, 3.8) is 0 Å². The number of hydrogen-bond acceptors (Lipinski definition) is 4. The van der Waals surface area contributed by atoms with E-state index in [0.717, 1.165) is 24.8 Å². The highest BCUT2D eigenvalue weighted by atomic mass is 16.6. The second-order valence-electron chi connectivity index (χ2n) is 7.44. The second kappa shape index (κ2) is 7.99. The van der Waals surface area contributed by atoms with E-state index < -0.39 is 5.60 Å². The van der Waals surface area contributed by atoms with Crippen molar-refractivity contribution in [2.45, 2.75) is 71.2 Å². The average molecular weight is 334 g/mol. The van der Waals surface area contributed by atoms with Crippen LogP contribution in [0.2, 0.25) is 0 Å². The molecule has 1 N–H and O–H groups in total. The van der Waals surface area contributed by atoms with Gasteiger partial charge in [-0.15, -0.1) is 0 Å². The third-order valence-corrected chi connectivity index (χ3v) is 4.36. The number of nitrogens with zero attached hydrogens (tertiary/aromatic N) is 2. The van der Waals surface area contributed by atoms with Crippen LogP contribution in [-0.4, -0.2) is 45.5 Å². The molecule has 1 saturated heterocycles. The Labute approximate surface area is 145 Å². The van der Waals surface area contributed by atoms with Crippen LogP contribution in [0.5, 0.6) is 0 Å². The lowest BCUT2D eigenvalue weighted by atomic mass is 10.0. The van der Waals surface area contributed by atoms with Crippen LogP contribution in [0.15, 0.2) is 30.3 Å². The number of ether oxygens (including phenoxy) is 1. The van der Waals surface area contributed by atoms with Crippen molar-refractivity contribution >= 4 is 6.09 Å². The Kier molecular flexibility index (Phi) is 6.24. The van der Waals surface area contributed by atoms with Crippen molar-refractivity contribution in [1.29, 1.82) is 0 Å². The van der Waals surface area contributed by atoms with Gasteiger partial charge in [-0.05, 0) is 45.6 Å². The first-order chi connectivity index (χ1) is 11.3. The molecule has 2 atom stereocenters. The maximum atomic E-state index is 12.5. The van der Waals surface area contributed by atoms with Gasteiger partial charge in [-0.3, -0.25) is 0 Å². The maximum Gasteiger partial charge on any atom is 0.410 e. The van der Waals surface area contributed by atoms with Crippen LogP contribution in [0, 0.1) is 0 Å². The average Bonchev–Trinajstić information content (AvgIpc) is 2.96. The molecule has 24 heavy (non-hydrogen) atoms. The zero-order chi connectivity index (χ0) is 17.7. The fourth-order valence-corrected chi connectivity index (χ4v) is 3.31. The zero-order valence-corrected chi connectivity index (χ0v) is 15.2. The monoisotopic (exact) mass is 334 g/mol. The fraction of sp³-hybridized carbons (Fsp3) is 0.632. The number of rotatable bonds is 5. The molecule has 2 rings (SSSR count).